The average molecular weight is 235 g/mol. The van der Waals surface area contributed by atoms with Crippen molar-refractivity contribution in [1.29, 1.82) is 0 Å². The van der Waals surface area contributed by atoms with Crippen molar-refractivity contribution in [2.75, 3.05) is 0 Å². The van der Waals surface area contributed by atoms with Crippen LogP contribution >= 0.6 is 0 Å². The molecular formula is C13H11F2NO. The van der Waals surface area contributed by atoms with E-state index in [9.17, 15) is 13.6 Å². The molecule has 17 heavy (non-hydrogen) atoms. The quantitative estimate of drug-likeness (QED) is 0.801. The fourth-order valence-corrected chi connectivity index (χ4v) is 1.58. The predicted octanol–water partition coefficient (Wildman–Crippen LogP) is 2.64. The summed E-state index contributed by atoms with van der Waals surface area (Å²) in [6, 6.07) is 11.8. The van der Waals surface area contributed by atoms with Crippen LogP contribution in [-0.2, 0) is 12.5 Å². The minimum Gasteiger partial charge on any atom is -0.309 e. The van der Waals surface area contributed by atoms with Gasteiger partial charge >= 0.3 is 0 Å². The molecule has 1 aromatic heterocycles. The molecule has 1 aromatic carbocycles. The van der Waals surface area contributed by atoms with Gasteiger partial charge in [0.1, 0.15) is 0 Å². The van der Waals surface area contributed by atoms with Gasteiger partial charge in [0.2, 0.25) is 0 Å². The first-order valence-electron chi connectivity index (χ1n) is 5.18. The molecule has 4 heteroatoms. The number of halogens is 2. The molecule has 2 aromatic rings. The average Bonchev–Trinajstić information content (AvgIpc) is 2.33. The lowest BCUT2D eigenvalue weighted by molar-refractivity contribution is -0.0231. The third-order valence-corrected chi connectivity index (χ3v) is 2.46. The maximum Gasteiger partial charge on any atom is 0.290 e. The number of hydrogen-bond acceptors (Lipinski definition) is 1. The molecule has 0 aliphatic carbocycles. The van der Waals surface area contributed by atoms with E-state index < -0.39 is 18.0 Å². The second-order valence-corrected chi connectivity index (χ2v) is 3.74. The second kappa shape index (κ2) is 4.49. The highest BCUT2D eigenvalue weighted by molar-refractivity contribution is 5.19. The summed E-state index contributed by atoms with van der Waals surface area (Å²) < 4.78 is 28.7. The Labute approximate surface area is 97.1 Å². The van der Waals surface area contributed by atoms with E-state index in [1.807, 2.05) is 0 Å². The summed E-state index contributed by atoms with van der Waals surface area (Å²) in [6.07, 6.45) is 1.36. The smallest absolute Gasteiger partial charge is 0.290 e. The van der Waals surface area contributed by atoms with Gasteiger partial charge in [-0.25, -0.2) is 0 Å². The van der Waals surface area contributed by atoms with Crippen LogP contribution in [0.15, 0.2) is 59.5 Å². The Hall–Kier alpha value is -1.97. The van der Waals surface area contributed by atoms with Crippen molar-refractivity contribution < 1.29 is 8.78 Å². The number of nitrogens with zero attached hydrogens (tertiary/aromatic N) is 1. The van der Waals surface area contributed by atoms with Crippen molar-refractivity contribution in [3.63, 3.8) is 0 Å². The first kappa shape index (κ1) is 11.5. The van der Waals surface area contributed by atoms with E-state index in [-0.39, 0.29) is 5.56 Å². The number of alkyl halides is 2. The lowest BCUT2D eigenvalue weighted by Gasteiger charge is -2.17. The molecule has 0 saturated carbocycles. The van der Waals surface area contributed by atoms with E-state index in [4.69, 9.17) is 0 Å². The van der Waals surface area contributed by atoms with Crippen LogP contribution in [0.25, 0.3) is 0 Å². The van der Waals surface area contributed by atoms with Crippen LogP contribution in [0, 0.1) is 0 Å². The van der Waals surface area contributed by atoms with Gasteiger partial charge < -0.3 is 4.57 Å². The number of aromatic nitrogens is 1. The zero-order valence-corrected chi connectivity index (χ0v) is 9.01. The second-order valence-electron chi connectivity index (χ2n) is 3.74. The highest BCUT2D eigenvalue weighted by atomic mass is 19.3. The van der Waals surface area contributed by atoms with Crippen molar-refractivity contribution in [3.8, 4) is 0 Å². The standard InChI is InChI=1S/C13H11F2NO/c14-13(15,11-6-2-1-3-7-11)10-16-9-5-4-8-12(16)17/h1-9H,10H2. The minimum absolute atomic E-state index is 0.0873. The van der Waals surface area contributed by atoms with E-state index in [0.29, 0.717) is 0 Å². The molecule has 0 atom stereocenters. The van der Waals surface area contributed by atoms with Crippen LogP contribution in [0.2, 0.25) is 0 Å². The molecule has 0 amide bonds. The first-order valence-corrected chi connectivity index (χ1v) is 5.18. The fraction of sp³-hybridized carbons (Fsp3) is 0.154. The molecule has 0 bridgehead atoms. The third kappa shape index (κ3) is 2.58. The Morgan fingerprint density at radius 1 is 1.00 bits per heavy atom. The Balaban J connectivity index is 2.30. The van der Waals surface area contributed by atoms with E-state index in [1.54, 1.807) is 24.3 Å². The van der Waals surface area contributed by atoms with E-state index in [2.05, 4.69) is 0 Å². The van der Waals surface area contributed by atoms with Crippen LogP contribution in [0.5, 0.6) is 0 Å². The number of hydrogen-bond donors (Lipinski definition) is 0. The summed E-state index contributed by atoms with van der Waals surface area (Å²) in [5, 5.41) is 0. The van der Waals surface area contributed by atoms with Gasteiger partial charge in [0, 0.05) is 17.8 Å². The molecule has 0 saturated heterocycles. The Morgan fingerprint density at radius 3 is 2.29 bits per heavy atom. The van der Waals surface area contributed by atoms with Gasteiger partial charge in [-0.1, -0.05) is 36.4 Å². The molecular weight excluding hydrogens is 224 g/mol. The van der Waals surface area contributed by atoms with Gasteiger partial charge in [-0.2, -0.15) is 8.78 Å². The number of benzene rings is 1. The van der Waals surface area contributed by atoms with Crippen molar-refractivity contribution in [1.82, 2.24) is 4.57 Å². The maximum atomic E-state index is 13.9. The van der Waals surface area contributed by atoms with Crippen LogP contribution in [0.1, 0.15) is 5.56 Å². The molecule has 0 N–H and O–H groups in total. The Bertz CT molecular complexity index is 549. The number of rotatable bonds is 3. The van der Waals surface area contributed by atoms with Crippen molar-refractivity contribution >= 4 is 0 Å². The Kier molecular flexibility index (Phi) is 3.04. The molecule has 0 fully saturated rings. The SMILES string of the molecule is O=c1ccccn1CC(F)(F)c1ccccc1. The van der Waals surface area contributed by atoms with E-state index >= 15 is 0 Å². The molecule has 2 nitrogen and oxygen atoms in total. The van der Waals surface area contributed by atoms with Gasteiger partial charge in [0.05, 0.1) is 6.54 Å². The van der Waals surface area contributed by atoms with Gasteiger partial charge in [-0.3, -0.25) is 4.79 Å². The lowest BCUT2D eigenvalue weighted by atomic mass is 10.1. The molecule has 2 rings (SSSR count). The zero-order valence-electron chi connectivity index (χ0n) is 9.01. The molecule has 0 aliphatic heterocycles. The summed E-state index contributed by atoms with van der Waals surface area (Å²) >= 11 is 0. The van der Waals surface area contributed by atoms with Crippen molar-refractivity contribution in [3.05, 3.63) is 70.6 Å². The molecule has 0 unspecified atom stereocenters. The predicted molar refractivity (Wildman–Crippen MR) is 61.0 cm³/mol. The van der Waals surface area contributed by atoms with Crippen molar-refractivity contribution in [2.24, 2.45) is 0 Å². The van der Waals surface area contributed by atoms with E-state index in [0.717, 1.165) is 4.57 Å². The summed E-state index contributed by atoms with van der Waals surface area (Å²) in [5.41, 5.74) is -0.515. The number of pyridine rings is 1. The lowest BCUT2D eigenvalue weighted by Crippen LogP contribution is -2.28. The molecule has 0 radical (unpaired) electrons. The summed E-state index contributed by atoms with van der Waals surface area (Å²) in [4.78, 5) is 11.4. The minimum atomic E-state index is -3.05. The van der Waals surface area contributed by atoms with Crippen LogP contribution in [0.4, 0.5) is 8.78 Å². The van der Waals surface area contributed by atoms with E-state index in [1.165, 1.54) is 30.5 Å². The first-order chi connectivity index (χ1) is 8.09. The summed E-state index contributed by atoms with van der Waals surface area (Å²) in [7, 11) is 0. The third-order valence-electron chi connectivity index (χ3n) is 2.46. The van der Waals surface area contributed by atoms with Crippen molar-refractivity contribution in [2.45, 2.75) is 12.5 Å². The zero-order chi connectivity index (χ0) is 12.3. The van der Waals surface area contributed by atoms with Gasteiger partial charge in [-0.05, 0) is 6.07 Å². The van der Waals surface area contributed by atoms with Crippen LogP contribution in [0.3, 0.4) is 0 Å². The molecule has 88 valence electrons. The molecule has 0 aliphatic rings. The molecule has 0 spiro atoms. The maximum absolute atomic E-state index is 13.9. The van der Waals surface area contributed by atoms with Gasteiger partial charge in [0.25, 0.3) is 11.5 Å². The Morgan fingerprint density at radius 2 is 1.65 bits per heavy atom. The summed E-state index contributed by atoms with van der Waals surface area (Å²) in [5.74, 6) is -3.05. The molecule has 1 heterocycles. The van der Waals surface area contributed by atoms with Crippen LogP contribution in [-0.4, -0.2) is 4.57 Å². The topological polar surface area (TPSA) is 22.0 Å². The highest BCUT2D eigenvalue weighted by Gasteiger charge is 2.31. The van der Waals surface area contributed by atoms with Crippen LogP contribution < -0.4 is 5.56 Å². The normalized spacial score (nSPS) is 11.4. The van der Waals surface area contributed by atoms with Gasteiger partial charge in [-0.15, -0.1) is 0 Å². The fourth-order valence-electron chi connectivity index (χ4n) is 1.58. The monoisotopic (exact) mass is 235 g/mol. The summed E-state index contributed by atoms with van der Waals surface area (Å²) in [6.45, 7) is -0.642. The highest BCUT2D eigenvalue weighted by Crippen LogP contribution is 2.28. The van der Waals surface area contributed by atoms with Gasteiger partial charge in [0.15, 0.2) is 0 Å². The largest absolute Gasteiger partial charge is 0.309 e.